The first kappa shape index (κ1) is 15.2. The molecular weight excluding hydrogens is 308 g/mol. The second kappa shape index (κ2) is 5.85. The smallest absolute Gasteiger partial charge is 0.276 e. The van der Waals surface area contributed by atoms with Crippen LogP contribution in [0.4, 0.5) is 5.69 Å². The molecule has 3 aromatic rings. The van der Waals surface area contributed by atoms with E-state index in [1.807, 2.05) is 31.2 Å². The molecule has 118 valence electrons. The minimum absolute atomic E-state index is 0.121. The minimum Gasteiger partial charge on any atom is -0.508 e. The molecule has 2 aromatic carbocycles. The molecule has 3 rings (SSSR count). The number of aromatic hydroxyl groups is 1. The van der Waals surface area contributed by atoms with Gasteiger partial charge in [0.05, 0.1) is 27.1 Å². The number of allylic oxidation sites excluding steroid dienone is 1. The Hall–Kier alpha value is -3.66. The number of hydrogen-bond acceptors (Lipinski definition) is 5. The van der Waals surface area contributed by atoms with Crippen molar-refractivity contribution in [1.82, 2.24) is 9.97 Å². The Balaban J connectivity index is 2.14. The summed E-state index contributed by atoms with van der Waals surface area (Å²) in [6.45, 7) is 1.94. The van der Waals surface area contributed by atoms with Gasteiger partial charge in [-0.15, -0.1) is 0 Å². The number of hydrogen-bond donors (Lipinski definition) is 2. The lowest BCUT2D eigenvalue weighted by atomic mass is 10.1. The molecule has 1 aromatic heterocycles. The molecule has 0 radical (unpaired) electrons. The van der Waals surface area contributed by atoms with Crippen LogP contribution in [0.15, 0.2) is 36.4 Å². The number of nitro benzene ring substituents is 1. The number of phenols is 1. The Labute approximate surface area is 136 Å². The molecule has 24 heavy (non-hydrogen) atoms. The Kier molecular flexibility index (Phi) is 3.72. The van der Waals surface area contributed by atoms with Crippen LogP contribution in [0.1, 0.15) is 17.0 Å². The fourth-order valence-electron chi connectivity index (χ4n) is 2.38. The van der Waals surface area contributed by atoms with Crippen LogP contribution in [0.3, 0.4) is 0 Å². The number of aryl methyl sites for hydroxylation is 1. The van der Waals surface area contributed by atoms with Crippen LogP contribution in [-0.4, -0.2) is 20.0 Å². The topological polar surface area (TPSA) is 116 Å². The number of nitrogens with one attached hydrogen (secondary N) is 1. The highest BCUT2D eigenvalue weighted by atomic mass is 16.6. The van der Waals surface area contributed by atoms with Gasteiger partial charge >= 0.3 is 0 Å². The number of imidazole rings is 1. The zero-order chi connectivity index (χ0) is 17.3. The number of nitrogens with zero attached hydrogens (tertiary/aromatic N) is 3. The predicted octanol–water partition coefficient (Wildman–Crippen LogP) is 3.55. The second-order valence-corrected chi connectivity index (χ2v) is 5.28. The fourth-order valence-corrected chi connectivity index (χ4v) is 2.38. The Morgan fingerprint density at radius 2 is 2.17 bits per heavy atom. The molecule has 1 heterocycles. The first-order valence-corrected chi connectivity index (χ1v) is 7.04. The van der Waals surface area contributed by atoms with E-state index in [0.717, 1.165) is 11.1 Å². The van der Waals surface area contributed by atoms with Gasteiger partial charge in [0, 0.05) is 6.07 Å². The molecule has 7 nitrogen and oxygen atoms in total. The van der Waals surface area contributed by atoms with E-state index in [2.05, 4.69) is 9.97 Å². The Morgan fingerprint density at radius 3 is 2.88 bits per heavy atom. The lowest BCUT2D eigenvalue weighted by Gasteiger charge is -2.00. The largest absolute Gasteiger partial charge is 0.508 e. The van der Waals surface area contributed by atoms with Crippen molar-refractivity contribution in [3.8, 4) is 11.8 Å². The summed E-state index contributed by atoms with van der Waals surface area (Å²) in [4.78, 5) is 17.9. The highest BCUT2D eigenvalue weighted by Gasteiger charge is 2.15. The van der Waals surface area contributed by atoms with E-state index in [9.17, 15) is 20.5 Å². The molecule has 0 spiro atoms. The molecule has 0 unspecified atom stereocenters. The summed E-state index contributed by atoms with van der Waals surface area (Å²) in [5.74, 6) is 0.195. The number of benzene rings is 2. The van der Waals surface area contributed by atoms with Crippen LogP contribution in [0, 0.1) is 28.4 Å². The lowest BCUT2D eigenvalue weighted by molar-refractivity contribution is -0.385. The number of rotatable bonds is 3. The van der Waals surface area contributed by atoms with E-state index in [1.54, 1.807) is 0 Å². The second-order valence-electron chi connectivity index (χ2n) is 5.28. The van der Waals surface area contributed by atoms with Gasteiger partial charge in [0.15, 0.2) is 0 Å². The van der Waals surface area contributed by atoms with E-state index in [1.165, 1.54) is 24.3 Å². The van der Waals surface area contributed by atoms with Crippen LogP contribution in [0.25, 0.3) is 22.7 Å². The Morgan fingerprint density at radius 1 is 1.38 bits per heavy atom. The molecule has 0 saturated carbocycles. The number of aromatic nitrogens is 2. The number of aromatic amines is 1. The SMILES string of the molecule is Cc1ccc2nc(/C(C#N)=C\c3cc(O)ccc3[N+](=O)[O-])[nH]c2c1. The summed E-state index contributed by atoms with van der Waals surface area (Å²) in [5.41, 5.74) is 2.58. The van der Waals surface area contributed by atoms with Crippen LogP contribution >= 0.6 is 0 Å². The molecule has 0 saturated heterocycles. The molecule has 2 N–H and O–H groups in total. The summed E-state index contributed by atoms with van der Waals surface area (Å²) < 4.78 is 0. The third kappa shape index (κ3) is 2.80. The first-order valence-electron chi connectivity index (χ1n) is 7.04. The van der Waals surface area contributed by atoms with Crippen molar-refractivity contribution in [3.05, 3.63) is 63.5 Å². The van der Waals surface area contributed by atoms with Crippen LogP contribution in [0.5, 0.6) is 5.75 Å². The van der Waals surface area contributed by atoms with Crippen LogP contribution < -0.4 is 0 Å². The van der Waals surface area contributed by atoms with E-state index >= 15 is 0 Å². The summed E-state index contributed by atoms with van der Waals surface area (Å²) in [7, 11) is 0. The van der Waals surface area contributed by atoms with Crippen LogP contribution in [0.2, 0.25) is 0 Å². The van der Waals surface area contributed by atoms with Crippen molar-refractivity contribution in [2.45, 2.75) is 6.92 Å². The molecule has 0 aliphatic carbocycles. The van der Waals surface area contributed by atoms with Gasteiger partial charge in [0.1, 0.15) is 17.6 Å². The summed E-state index contributed by atoms with van der Waals surface area (Å²) in [6, 6.07) is 11.3. The average molecular weight is 320 g/mol. The fraction of sp³-hybridized carbons (Fsp3) is 0.0588. The van der Waals surface area contributed by atoms with Gasteiger partial charge in [-0.05, 0) is 42.8 Å². The van der Waals surface area contributed by atoms with Gasteiger partial charge in [-0.2, -0.15) is 5.26 Å². The van der Waals surface area contributed by atoms with Crippen molar-refractivity contribution >= 4 is 28.4 Å². The van der Waals surface area contributed by atoms with Crippen LogP contribution in [-0.2, 0) is 0 Å². The molecule has 0 bridgehead atoms. The summed E-state index contributed by atoms with van der Waals surface area (Å²) in [6.07, 6.45) is 1.34. The molecule has 7 heteroatoms. The zero-order valence-electron chi connectivity index (χ0n) is 12.6. The third-order valence-corrected chi connectivity index (χ3v) is 3.52. The van der Waals surface area contributed by atoms with Gasteiger partial charge in [0.2, 0.25) is 0 Å². The van der Waals surface area contributed by atoms with E-state index in [4.69, 9.17) is 0 Å². The maximum atomic E-state index is 11.1. The van der Waals surface area contributed by atoms with Gasteiger partial charge in [-0.1, -0.05) is 6.07 Å². The molecule has 0 aliphatic heterocycles. The van der Waals surface area contributed by atoms with Gasteiger partial charge in [-0.25, -0.2) is 4.98 Å². The third-order valence-electron chi connectivity index (χ3n) is 3.52. The summed E-state index contributed by atoms with van der Waals surface area (Å²) in [5, 5.41) is 30.1. The number of H-pyrrole nitrogens is 1. The van der Waals surface area contributed by atoms with Crippen molar-refractivity contribution in [3.63, 3.8) is 0 Å². The van der Waals surface area contributed by atoms with Gasteiger partial charge < -0.3 is 10.1 Å². The number of nitro groups is 1. The average Bonchev–Trinajstić information content (AvgIpc) is 2.95. The van der Waals surface area contributed by atoms with Gasteiger partial charge in [0.25, 0.3) is 5.69 Å². The quantitative estimate of drug-likeness (QED) is 0.435. The normalized spacial score (nSPS) is 11.4. The lowest BCUT2D eigenvalue weighted by Crippen LogP contribution is -1.92. The van der Waals surface area contributed by atoms with Crippen molar-refractivity contribution in [2.24, 2.45) is 0 Å². The van der Waals surface area contributed by atoms with Crippen molar-refractivity contribution < 1.29 is 10.0 Å². The first-order chi connectivity index (χ1) is 11.5. The molecule has 0 aliphatic rings. The maximum Gasteiger partial charge on any atom is 0.276 e. The monoisotopic (exact) mass is 320 g/mol. The highest BCUT2D eigenvalue weighted by molar-refractivity contribution is 5.91. The van der Waals surface area contributed by atoms with Gasteiger partial charge in [-0.3, -0.25) is 10.1 Å². The number of phenolic OH excluding ortho intramolecular Hbond substituents is 1. The van der Waals surface area contributed by atoms with Crippen molar-refractivity contribution in [2.75, 3.05) is 0 Å². The molecule has 0 fully saturated rings. The number of fused-ring (bicyclic) bond motifs is 1. The summed E-state index contributed by atoms with van der Waals surface area (Å²) >= 11 is 0. The maximum absolute atomic E-state index is 11.1. The molecule has 0 amide bonds. The zero-order valence-corrected chi connectivity index (χ0v) is 12.6. The standard InChI is InChI=1S/C17H12N4O3/c1-10-2-4-14-15(6-10)20-17(19-14)12(9-18)7-11-8-13(22)3-5-16(11)21(23)24/h2-8,22H,1H3,(H,19,20)/b12-7-. The minimum atomic E-state index is -0.567. The van der Waals surface area contributed by atoms with E-state index < -0.39 is 4.92 Å². The van der Waals surface area contributed by atoms with E-state index in [0.29, 0.717) is 11.3 Å². The molecule has 0 atom stereocenters. The Bertz CT molecular complexity index is 1030. The predicted molar refractivity (Wildman–Crippen MR) is 89.1 cm³/mol. The van der Waals surface area contributed by atoms with Crippen molar-refractivity contribution in [1.29, 1.82) is 5.26 Å². The molecular formula is C17H12N4O3. The number of nitriles is 1. The highest BCUT2D eigenvalue weighted by Crippen LogP contribution is 2.28. The van der Waals surface area contributed by atoms with E-state index in [-0.39, 0.29) is 22.6 Å².